The van der Waals surface area contributed by atoms with Crippen LogP contribution in [0.3, 0.4) is 0 Å². The smallest absolute Gasteiger partial charge is 0.358 e. The SMILES string of the molecule is CCSc1cc(-c2ncccc2F)cnc1ON1CCc2ncc(C(F)(F)F)cc21. The van der Waals surface area contributed by atoms with Crippen LogP contribution in [0.25, 0.3) is 11.3 Å². The van der Waals surface area contributed by atoms with Crippen LogP contribution in [-0.2, 0) is 12.6 Å². The van der Waals surface area contributed by atoms with Crippen molar-refractivity contribution in [2.75, 3.05) is 17.4 Å². The van der Waals surface area contributed by atoms with E-state index in [0.29, 0.717) is 34.9 Å². The summed E-state index contributed by atoms with van der Waals surface area (Å²) >= 11 is 1.43. The number of aromatic nitrogens is 3. The van der Waals surface area contributed by atoms with Gasteiger partial charge in [-0.2, -0.15) is 13.2 Å². The van der Waals surface area contributed by atoms with Crippen LogP contribution in [0.5, 0.6) is 5.88 Å². The second-order valence-electron chi connectivity index (χ2n) is 6.43. The third kappa shape index (κ3) is 4.04. The highest BCUT2D eigenvalue weighted by atomic mass is 32.2. The van der Waals surface area contributed by atoms with E-state index in [2.05, 4.69) is 15.0 Å². The van der Waals surface area contributed by atoms with Crippen molar-refractivity contribution in [3.63, 3.8) is 0 Å². The summed E-state index contributed by atoms with van der Waals surface area (Å²) in [7, 11) is 0. The number of rotatable bonds is 5. The second-order valence-corrected chi connectivity index (χ2v) is 7.73. The first-order valence-electron chi connectivity index (χ1n) is 9.12. The maximum atomic E-state index is 14.1. The van der Waals surface area contributed by atoms with Crippen LogP contribution in [0.4, 0.5) is 23.2 Å². The molecule has 0 aliphatic carbocycles. The molecule has 1 aliphatic heterocycles. The Morgan fingerprint density at radius 3 is 2.73 bits per heavy atom. The normalized spacial score (nSPS) is 13.4. The third-order valence-corrected chi connectivity index (χ3v) is 5.33. The number of nitrogens with zero attached hydrogens (tertiary/aromatic N) is 4. The van der Waals surface area contributed by atoms with Gasteiger partial charge in [0.2, 0.25) is 0 Å². The fourth-order valence-electron chi connectivity index (χ4n) is 3.06. The minimum absolute atomic E-state index is 0.167. The van der Waals surface area contributed by atoms with Crippen molar-refractivity contribution < 1.29 is 22.4 Å². The van der Waals surface area contributed by atoms with Crippen LogP contribution >= 0.6 is 11.8 Å². The van der Waals surface area contributed by atoms with Crippen molar-refractivity contribution in [2.45, 2.75) is 24.4 Å². The van der Waals surface area contributed by atoms with E-state index >= 15 is 0 Å². The van der Waals surface area contributed by atoms with E-state index in [1.54, 1.807) is 6.07 Å². The molecule has 156 valence electrons. The number of hydrogen-bond donors (Lipinski definition) is 0. The first-order valence-corrected chi connectivity index (χ1v) is 10.1. The number of thioether (sulfide) groups is 1. The lowest BCUT2D eigenvalue weighted by Crippen LogP contribution is -2.26. The van der Waals surface area contributed by atoms with E-state index in [0.717, 1.165) is 12.3 Å². The number of alkyl halides is 3. The van der Waals surface area contributed by atoms with E-state index < -0.39 is 17.6 Å². The zero-order valence-electron chi connectivity index (χ0n) is 15.8. The van der Waals surface area contributed by atoms with Crippen molar-refractivity contribution in [3.05, 3.63) is 59.9 Å². The molecule has 1 aliphatic rings. The maximum absolute atomic E-state index is 14.1. The molecular weight excluding hydrogens is 420 g/mol. The van der Waals surface area contributed by atoms with Crippen LogP contribution in [0, 0.1) is 5.82 Å². The summed E-state index contributed by atoms with van der Waals surface area (Å²) in [6, 6.07) is 5.55. The summed E-state index contributed by atoms with van der Waals surface area (Å²) in [6.07, 6.45) is -0.286. The van der Waals surface area contributed by atoms with E-state index in [4.69, 9.17) is 4.84 Å². The van der Waals surface area contributed by atoms with Gasteiger partial charge in [-0.05, 0) is 30.0 Å². The molecule has 3 aromatic rings. The molecule has 5 nitrogen and oxygen atoms in total. The monoisotopic (exact) mass is 436 g/mol. The minimum Gasteiger partial charge on any atom is -0.358 e. The van der Waals surface area contributed by atoms with Gasteiger partial charge in [0.05, 0.1) is 28.4 Å². The lowest BCUT2D eigenvalue weighted by Gasteiger charge is -2.21. The zero-order chi connectivity index (χ0) is 21.3. The molecule has 0 amide bonds. The summed E-state index contributed by atoms with van der Waals surface area (Å²) in [5.41, 5.74) is 0.604. The van der Waals surface area contributed by atoms with Crippen LogP contribution in [0.15, 0.2) is 47.8 Å². The zero-order valence-corrected chi connectivity index (χ0v) is 16.6. The van der Waals surface area contributed by atoms with Gasteiger partial charge in [0.1, 0.15) is 11.5 Å². The van der Waals surface area contributed by atoms with Crippen LogP contribution < -0.4 is 9.90 Å². The number of hydrogen-bond acceptors (Lipinski definition) is 6. The van der Waals surface area contributed by atoms with Gasteiger partial charge in [-0.3, -0.25) is 9.97 Å². The van der Waals surface area contributed by atoms with Gasteiger partial charge in [-0.25, -0.2) is 14.4 Å². The summed E-state index contributed by atoms with van der Waals surface area (Å²) in [5.74, 6) is 0.453. The summed E-state index contributed by atoms with van der Waals surface area (Å²) in [4.78, 5) is 18.8. The average molecular weight is 436 g/mol. The Kier molecular flexibility index (Phi) is 5.50. The molecule has 0 saturated heterocycles. The fourth-order valence-corrected chi connectivity index (χ4v) is 3.79. The molecule has 0 radical (unpaired) electrons. The van der Waals surface area contributed by atoms with Gasteiger partial charge >= 0.3 is 6.18 Å². The molecule has 30 heavy (non-hydrogen) atoms. The lowest BCUT2D eigenvalue weighted by molar-refractivity contribution is -0.137. The molecule has 0 fully saturated rings. The highest BCUT2D eigenvalue weighted by Gasteiger charge is 2.34. The third-order valence-electron chi connectivity index (χ3n) is 4.44. The van der Waals surface area contributed by atoms with Gasteiger partial charge in [-0.1, -0.05) is 6.92 Å². The molecule has 0 atom stereocenters. The van der Waals surface area contributed by atoms with Gasteiger partial charge in [0, 0.05) is 30.6 Å². The fraction of sp³-hybridized carbons (Fsp3) is 0.250. The van der Waals surface area contributed by atoms with Crippen LogP contribution in [-0.4, -0.2) is 27.2 Å². The summed E-state index contributed by atoms with van der Waals surface area (Å²) in [6.45, 7) is 2.28. The quantitative estimate of drug-likeness (QED) is 0.407. The van der Waals surface area contributed by atoms with Crippen molar-refractivity contribution in [2.24, 2.45) is 0 Å². The molecule has 0 aromatic carbocycles. The first kappa shape index (κ1) is 20.4. The molecule has 4 rings (SSSR count). The first-order chi connectivity index (χ1) is 14.4. The topological polar surface area (TPSA) is 51.1 Å². The Labute approximate surface area is 174 Å². The molecule has 0 N–H and O–H groups in total. The van der Waals surface area contributed by atoms with E-state index in [1.165, 1.54) is 41.4 Å². The Bertz CT molecular complexity index is 1080. The van der Waals surface area contributed by atoms with Crippen LogP contribution in [0.1, 0.15) is 18.2 Å². The standard InChI is InChI=1S/C20H16F4N4OS/c1-2-30-17-8-12(18-14(21)4-3-6-25-18)10-27-19(17)29-28-7-5-15-16(28)9-13(11-26-15)20(22,23)24/h3-4,6,8-11H,2,5,7H2,1H3. The van der Waals surface area contributed by atoms with Gasteiger partial charge in [0.25, 0.3) is 5.88 Å². The average Bonchev–Trinajstić information content (AvgIpc) is 3.11. The van der Waals surface area contributed by atoms with Crippen LogP contribution in [0.2, 0.25) is 0 Å². The van der Waals surface area contributed by atoms with E-state index in [9.17, 15) is 17.6 Å². The van der Waals surface area contributed by atoms with Gasteiger partial charge < -0.3 is 4.84 Å². The molecule has 4 heterocycles. The Morgan fingerprint density at radius 1 is 1.17 bits per heavy atom. The van der Waals surface area contributed by atoms with Gasteiger partial charge in [-0.15, -0.1) is 11.8 Å². The Morgan fingerprint density at radius 2 is 2.00 bits per heavy atom. The molecule has 0 saturated carbocycles. The van der Waals surface area contributed by atoms with E-state index in [1.807, 2.05) is 6.92 Å². The minimum atomic E-state index is -4.49. The number of hydroxylamine groups is 1. The Balaban J connectivity index is 1.65. The molecular formula is C20H16F4N4OS. The molecule has 3 aromatic heterocycles. The predicted octanol–water partition coefficient (Wildman–Crippen LogP) is 5.17. The van der Waals surface area contributed by atoms with Gasteiger partial charge in [0.15, 0.2) is 0 Å². The maximum Gasteiger partial charge on any atom is 0.417 e. The molecule has 0 spiro atoms. The molecule has 0 unspecified atom stereocenters. The highest BCUT2D eigenvalue weighted by molar-refractivity contribution is 7.99. The van der Waals surface area contributed by atoms with Crippen molar-refractivity contribution in [1.82, 2.24) is 15.0 Å². The van der Waals surface area contributed by atoms with Crippen molar-refractivity contribution >= 4 is 17.4 Å². The molecule has 0 bridgehead atoms. The number of halogens is 4. The summed E-state index contributed by atoms with van der Waals surface area (Å²) in [5, 5.41) is 1.36. The lowest BCUT2D eigenvalue weighted by atomic mass is 10.2. The number of pyridine rings is 3. The largest absolute Gasteiger partial charge is 0.417 e. The van der Waals surface area contributed by atoms with E-state index in [-0.39, 0.29) is 17.3 Å². The molecule has 10 heteroatoms. The Hall–Kier alpha value is -2.88. The second kappa shape index (κ2) is 8.10. The van der Waals surface area contributed by atoms with Crippen molar-refractivity contribution in [3.8, 4) is 17.1 Å². The number of fused-ring (bicyclic) bond motifs is 1. The number of anilines is 1. The predicted molar refractivity (Wildman–Crippen MR) is 105 cm³/mol. The summed E-state index contributed by atoms with van der Waals surface area (Å²) < 4.78 is 53.3. The highest BCUT2D eigenvalue weighted by Crippen LogP contribution is 2.37. The van der Waals surface area contributed by atoms with Crippen molar-refractivity contribution in [1.29, 1.82) is 0 Å².